The molecule has 4 heterocycles. The van der Waals surface area contributed by atoms with Crippen LogP contribution in [0.1, 0.15) is 0 Å². The molecule has 0 amide bonds. The third-order valence-corrected chi connectivity index (χ3v) is 8.85. The molecule has 0 aromatic carbocycles. The molecular weight excluding hydrogens is 640 g/mol. The van der Waals surface area contributed by atoms with Gasteiger partial charge in [0.15, 0.2) is 0 Å². The molecule has 4 aliphatic heterocycles. The highest BCUT2D eigenvalue weighted by Gasteiger charge is 2.79. The molecule has 0 radical (unpaired) electrons. The summed E-state index contributed by atoms with van der Waals surface area (Å²) in [7, 11) is 0. The van der Waals surface area contributed by atoms with E-state index in [4.69, 9.17) is 28.4 Å². The van der Waals surface area contributed by atoms with Crippen molar-refractivity contribution in [3.8, 4) is 0 Å². The maximum Gasteiger partial charge on any atom is 0.259 e. The smallest absolute Gasteiger partial charge is 0.259 e. The molecule has 22 heteroatoms. The van der Waals surface area contributed by atoms with Crippen molar-refractivity contribution in [2.45, 2.75) is 109 Å². The van der Waals surface area contributed by atoms with Crippen LogP contribution in [0.25, 0.3) is 0 Å². The zero-order valence-electron chi connectivity index (χ0n) is 23.9. The van der Waals surface area contributed by atoms with E-state index in [0.717, 1.165) is 0 Å². The number of aliphatic hydroxyl groups excluding tert-OH is 16. The van der Waals surface area contributed by atoms with Gasteiger partial charge in [-0.25, -0.2) is 0 Å². The molecule has 0 aromatic rings. The van der Waals surface area contributed by atoms with Crippen LogP contribution in [0.15, 0.2) is 0 Å². The second-order valence-corrected chi connectivity index (χ2v) is 11.6. The highest BCUT2D eigenvalue weighted by atomic mass is 16.9. The van der Waals surface area contributed by atoms with Crippen LogP contribution in [0, 0.1) is 0 Å². The quantitative estimate of drug-likeness (QED) is 0.0961. The standard InChI is InChI=1S/C24H42O22/c25-1-7-11(31)15(35)19(39)23(43-7,45-21(5-29)17(37)13(33)9(3-27)41-21)24(20(40)16(36)12(32)8(2-26)44-24)46-22(6-30)18(38)14(34)10(4-28)42-22/h7-20,25-40H,1-6H2/t7-,8-,9-,10-,11-,12-,13-,14-,15+,16+,17+,18+,19-,20-,21?,22?,23-,24-/m1/s1. The van der Waals surface area contributed by atoms with Crippen LogP contribution in [-0.2, 0) is 28.4 Å². The Kier molecular flexibility index (Phi) is 11.4. The van der Waals surface area contributed by atoms with Crippen molar-refractivity contribution in [3.63, 3.8) is 0 Å². The molecule has 0 saturated carbocycles. The van der Waals surface area contributed by atoms with Gasteiger partial charge in [0.05, 0.1) is 26.4 Å². The average Bonchev–Trinajstić information content (AvgIpc) is 3.45. The van der Waals surface area contributed by atoms with Crippen LogP contribution in [0.4, 0.5) is 0 Å². The number of rotatable bonds is 11. The second-order valence-electron chi connectivity index (χ2n) is 11.6. The fourth-order valence-electron chi connectivity index (χ4n) is 6.19. The summed E-state index contributed by atoms with van der Waals surface area (Å²) in [6.45, 7) is -7.65. The monoisotopic (exact) mass is 682 g/mol. The van der Waals surface area contributed by atoms with Crippen LogP contribution in [0.5, 0.6) is 0 Å². The molecule has 4 saturated heterocycles. The second kappa shape index (κ2) is 13.8. The van der Waals surface area contributed by atoms with Crippen LogP contribution in [0.2, 0.25) is 0 Å². The molecular formula is C24H42O22. The first-order valence-electron chi connectivity index (χ1n) is 14.1. The number of hydrogen-bond donors (Lipinski definition) is 16. The van der Waals surface area contributed by atoms with E-state index in [1.54, 1.807) is 0 Å². The van der Waals surface area contributed by atoms with Gasteiger partial charge in [-0.1, -0.05) is 0 Å². The van der Waals surface area contributed by atoms with Gasteiger partial charge in [0.25, 0.3) is 11.6 Å². The van der Waals surface area contributed by atoms with E-state index in [2.05, 4.69) is 0 Å². The minimum absolute atomic E-state index is 1.04. The topological polar surface area (TPSA) is 379 Å². The van der Waals surface area contributed by atoms with Crippen molar-refractivity contribution in [2.24, 2.45) is 0 Å². The Labute approximate surface area is 258 Å². The normalized spacial score (nSPS) is 54.8. The summed E-state index contributed by atoms with van der Waals surface area (Å²) in [6.07, 6.45) is -32.1. The minimum atomic E-state index is -3.76. The van der Waals surface area contributed by atoms with Crippen molar-refractivity contribution >= 4 is 0 Å². The van der Waals surface area contributed by atoms with Crippen molar-refractivity contribution < 1.29 is 110 Å². The first kappa shape index (κ1) is 37.9. The summed E-state index contributed by atoms with van der Waals surface area (Å²) in [4.78, 5) is 0. The summed E-state index contributed by atoms with van der Waals surface area (Å²) in [5.74, 6) is -13.7. The lowest BCUT2D eigenvalue weighted by atomic mass is 9.79. The van der Waals surface area contributed by atoms with E-state index in [0.29, 0.717) is 0 Å². The highest BCUT2D eigenvalue weighted by Crippen LogP contribution is 2.54. The Morgan fingerprint density at radius 1 is 0.370 bits per heavy atom. The molecule has 4 aliphatic rings. The van der Waals surface area contributed by atoms with Gasteiger partial charge in [-0.2, -0.15) is 0 Å². The maximum absolute atomic E-state index is 11.6. The minimum Gasteiger partial charge on any atom is -0.394 e. The number of aliphatic hydroxyl groups is 16. The Morgan fingerprint density at radius 3 is 0.891 bits per heavy atom. The molecule has 0 aromatic heterocycles. The molecule has 0 spiro atoms. The fraction of sp³-hybridized carbons (Fsp3) is 1.00. The summed E-state index contributed by atoms with van der Waals surface area (Å²) >= 11 is 0. The van der Waals surface area contributed by atoms with E-state index in [1.165, 1.54) is 0 Å². The van der Waals surface area contributed by atoms with Gasteiger partial charge >= 0.3 is 0 Å². The molecule has 22 nitrogen and oxygen atoms in total. The van der Waals surface area contributed by atoms with Crippen molar-refractivity contribution in [1.82, 2.24) is 0 Å². The predicted octanol–water partition coefficient (Wildman–Crippen LogP) is -11.0. The number of hydrogen-bond acceptors (Lipinski definition) is 22. The third kappa shape index (κ3) is 5.48. The van der Waals surface area contributed by atoms with E-state index >= 15 is 0 Å². The molecule has 2 unspecified atom stereocenters. The zero-order chi connectivity index (χ0) is 34.6. The van der Waals surface area contributed by atoms with Crippen LogP contribution < -0.4 is 0 Å². The first-order valence-corrected chi connectivity index (χ1v) is 14.1. The Hall–Kier alpha value is -0.880. The first-order chi connectivity index (χ1) is 21.6. The largest absolute Gasteiger partial charge is 0.394 e. The van der Waals surface area contributed by atoms with Gasteiger partial charge < -0.3 is 110 Å². The Balaban J connectivity index is 2.05. The number of ether oxygens (including phenoxy) is 6. The van der Waals surface area contributed by atoms with Gasteiger partial charge in [-0.3, -0.25) is 0 Å². The van der Waals surface area contributed by atoms with Crippen molar-refractivity contribution in [1.29, 1.82) is 0 Å². The SMILES string of the molecule is OC[C@H]1OC(CO)(O[C@]2([C@@]3(OC4(CO)O[C@H](CO)[C@@H](O)[C@@H]4O)O[C@H](CO)[C@@H](O)[C@H](O)[C@H]3O)O[C@H](CO)[C@@H](O)[C@H](O)[C@H]2O)[C@@H](O)[C@@H]1O. The van der Waals surface area contributed by atoms with Gasteiger partial charge in [-0.05, 0) is 0 Å². The Morgan fingerprint density at radius 2 is 0.652 bits per heavy atom. The fourth-order valence-corrected chi connectivity index (χ4v) is 6.19. The lowest BCUT2D eigenvalue weighted by Gasteiger charge is -2.62. The van der Waals surface area contributed by atoms with E-state index in [-0.39, 0.29) is 0 Å². The highest BCUT2D eigenvalue weighted by molar-refractivity contribution is 5.15. The maximum atomic E-state index is 11.6. The lowest BCUT2D eigenvalue weighted by molar-refractivity contribution is -0.556. The van der Waals surface area contributed by atoms with E-state index in [1.807, 2.05) is 0 Å². The van der Waals surface area contributed by atoms with Gasteiger partial charge in [0, 0.05) is 0 Å². The summed E-state index contributed by atoms with van der Waals surface area (Å²) in [5, 5.41) is 169. The van der Waals surface area contributed by atoms with Crippen molar-refractivity contribution in [2.75, 3.05) is 39.6 Å². The molecule has 270 valence electrons. The van der Waals surface area contributed by atoms with E-state index in [9.17, 15) is 81.7 Å². The molecule has 46 heavy (non-hydrogen) atoms. The summed E-state index contributed by atoms with van der Waals surface area (Å²) < 4.78 is 33.7. The summed E-state index contributed by atoms with van der Waals surface area (Å²) in [6, 6.07) is 0. The van der Waals surface area contributed by atoms with Crippen LogP contribution >= 0.6 is 0 Å². The van der Waals surface area contributed by atoms with Gasteiger partial charge in [0.2, 0.25) is 11.6 Å². The molecule has 18 atom stereocenters. The van der Waals surface area contributed by atoms with Crippen LogP contribution in [-0.4, -0.2) is 230 Å². The third-order valence-electron chi connectivity index (χ3n) is 8.85. The van der Waals surface area contributed by atoms with Gasteiger partial charge in [-0.15, -0.1) is 0 Å². The predicted molar refractivity (Wildman–Crippen MR) is 135 cm³/mol. The molecule has 16 N–H and O–H groups in total. The molecule has 4 rings (SSSR count). The molecule has 0 aliphatic carbocycles. The van der Waals surface area contributed by atoms with Crippen molar-refractivity contribution in [3.05, 3.63) is 0 Å². The Bertz CT molecular complexity index is 944. The van der Waals surface area contributed by atoms with E-state index < -0.39 is 148 Å². The van der Waals surface area contributed by atoms with Crippen LogP contribution in [0.3, 0.4) is 0 Å². The average molecular weight is 683 g/mol. The molecule has 0 bridgehead atoms. The zero-order valence-corrected chi connectivity index (χ0v) is 23.9. The van der Waals surface area contributed by atoms with Gasteiger partial charge in [0.1, 0.15) is 98.7 Å². The lowest BCUT2D eigenvalue weighted by Crippen LogP contribution is -2.85. The summed E-state index contributed by atoms with van der Waals surface area (Å²) in [5.41, 5.74) is 0. The molecule has 4 fully saturated rings.